The molecule has 2 N–H and O–H groups in total. The molecule has 0 aliphatic rings. The number of thiophene rings is 1. The lowest BCUT2D eigenvalue weighted by molar-refractivity contribution is 0.207. The molecule has 0 saturated carbocycles. The summed E-state index contributed by atoms with van der Waals surface area (Å²) < 4.78 is 19.4. The largest absolute Gasteiger partial charge is 0.480 e. The zero-order valence-corrected chi connectivity index (χ0v) is 11.4. The van der Waals surface area contributed by atoms with Crippen LogP contribution in [0.4, 0.5) is 4.39 Å². The highest BCUT2D eigenvalue weighted by Crippen LogP contribution is 2.31. The SMILES string of the molecule is Cc1ccsc1C(CN)Oc1cccc(Cl)c1F. The van der Waals surface area contributed by atoms with Crippen molar-refractivity contribution in [2.24, 2.45) is 5.73 Å². The zero-order chi connectivity index (χ0) is 13.1. The van der Waals surface area contributed by atoms with Crippen molar-refractivity contribution in [3.63, 3.8) is 0 Å². The predicted octanol–water partition coefficient (Wildman–Crippen LogP) is 3.93. The van der Waals surface area contributed by atoms with Gasteiger partial charge in [-0.05, 0) is 36.1 Å². The Kier molecular flexibility index (Phi) is 4.22. The highest BCUT2D eigenvalue weighted by atomic mass is 35.5. The number of rotatable bonds is 4. The summed E-state index contributed by atoms with van der Waals surface area (Å²) in [4.78, 5) is 1.01. The first kappa shape index (κ1) is 13.3. The van der Waals surface area contributed by atoms with E-state index in [4.69, 9.17) is 22.1 Å². The third-order valence-corrected chi connectivity index (χ3v) is 4.00. The number of ether oxygens (including phenoxy) is 1. The molecule has 0 spiro atoms. The monoisotopic (exact) mass is 285 g/mol. The molecule has 2 aromatic rings. The first-order chi connectivity index (χ1) is 8.63. The molecule has 18 heavy (non-hydrogen) atoms. The van der Waals surface area contributed by atoms with Crippen LogP contribution in [0.25, 0.3) is 0 Å². The zero-order valence-electron chi connectivity index (χ0n) is 9.82. The number of aryl methyl sites for hydroxylation is 1. The minimum atomic E-state index is -0.549. The van der Waals surface area contributed by atoms with E-state index in [0.717, 1.165) is 10.4 Å². The fourth-order valence-corrected chi connectivity index (χ4v) is 2.79. The highest BCUT2D eigenvalue weighted by Gasteiger charge is 2.18. The van der Waals surface area contributed by atoms with Gasteiger partial charge in [0.05, 0.1) is 5.02 Å². The van der Waals surface area contributed by atoms with Gasteiger partial charge in [0.1, 0.15) is 6.10 Å². The molecular weight excluding hydrogens is 273 g/mol. The van der Waals surface area contributed by atoms with Crippen LogP contribution in [-0.2, 0) is 0 Å². The second kappa shape index (κ2) is 5.69. The molecule has 2 nitrogen and oxygen atoms in total. The summed E-state index contributed by atoms with van der Waals surface area (Å²) in [6.07, 6.45) is -0.349. The van der Waals surface area contributed by atoms with Crippen LogP contribution in [0, 0.1) is 12.7 Å². The topological polar surface area (TPSA) is 35.2 Å². The molecule has 0 bridgehead atoms. The van der Waals surface area contributed by atoms with Gasteiger partial charge in [0, 0.05) is 11.4 Å². The van der Waals surface area contributed by atoms with E-state index in [-0.39, 0.29) is 23.4 Å². The normalized spacial score (nSPS) is 12.4. The molecule has 0 aliphatic carbocycles. The summed E-state index contributed by atoms with van der Waals surface area (Å²) in [7, 11) is 0. The van der Waals surface area contributed by atoms with Crippen LogP contribution in [0.15, 0.2) is 29.6 Å². The minimum Gasteiger partial charge on any atom is -0.480 e. The van der Waals surface area contributed by atoms with Gasteiger partial charge in [-0.1, -0.05) is 17.7 Å². The van der Waals surface area contributed by atoms with Crippen molar-refractivity contribution in [2.45, 2.75) is 13.0 Å². The first-order valence-electron chi connectivity index (χ1n) is 5.48. The molecule has 0 radical (unpaired) electrons. The van der Waals surface area contributed by atoms with Crippen LogP contribution >= 0.6 is 22.9 Å². The van der Waals surface area contributed by atoms with Gasteiger partial charge in [0.15, 0.2) is 11.6 Å². The standard InChI is InChI=1S/C13H13ClFNOS/c1-8-5-6-18-13(8)11(7-16)17-10-4-2-3-9(14)12(10)15/h2-6,11H,7,16H2,1H3. The predicted molar refractivity (Wildman–Crippen MR) is 72.9 cm³/mol. The van der Waals surface area contributed by atoms with Crippen molar-refractivity contribution in [1.82, 2.24) is 0 Å². The molecule has 1 aromatic heterocycles. The number of benzene rings is 1. The fraction of sp³-hybridized carbons (Fsp3) is 0.231. The van der Waals surface area contributed by atoms with Gasteiger partial charge in [-0.2, -0.15) is 0 Å². The van der Waals surface area contributed by atoms with Crippen molar-refractivity contribution in [1.29, 1.82) is 0 Å². The van der Waals surface area contributed by atoms with Crippen molar-refractivity contribution >= 4 is 22.9 Å². The van der Waals surface area contributed by atoms with Crippen LogP contribution in [0.5, 0.6) is 5.75 Å². The summed E-state index contributed by atoms with van der Waals surface area (Å²) in [6.45, 7) is 2.26. The third kappa shape index (κ3) is 2.66. The molecule has 1 heterocycles. The van der Waals surface area contributed by atoms with E-state index in [1.165, 1.54) is 6.07 Å². The summed E-state index contributed by atoms with van der Waals surface area (Å²) in [6, 6.07) is 6.67. The van der Waals surface area contributed by atoms with Crippen LogP contribution in [0.3, 0.4) is 0 Å². The van der Waals surface area contributed by atoms with Crippen molar-refractivity contribution in [2.75, 3.05) is 6.54 Å². The first-order valence-corrected chi connectivity index (χ1v) is 6.74. The summed E-state index contributed by atoms with van der Waals surface area (Å²) in [5.74, 6) is -0.419. The van der Waals surface area contributed by atoms with E-state index >= 15 is 0 Å². The second-order valence-electron chi connectivity index (χ2n) is 3.86. The Labute approximate surface area is 114 Å². The Morgan fingerprint density at radius 2 is 2.22 bits per heavy atom. The number of nitrogens with two attached hydrogens (primary N) is 1. The lowest BCUT2D eigenvalue weighted by Crippen LogP contribution is -2.18. The maximum absolute atomic E-state index is 13.7. The molecule has 0 saturated heterocycles. The average molecular weight is 286 g/mol. The molecular formula is C13H13ClFNOS. The third-order valence-electron chi connectivity index (χ3n) is 2.59. The van der Waals surface area contributed by atoms with Gasteiger partial charge >= 0.3 is 0 Å². The lowest BCUT2D eigenvalue weighted by Gasteiger charge is -2.17. The van der Waals surface area contributed by atoms with Crippen LogP contribution in [0.2, 0.25) is 5.02 Å². The Hall–Kier alpha value is -1.10. The second-order valence-corrected chi connectivity index (χ2v) is 5.22. The van der Waals surface area contributed by atoms with Gasteiger partial charge in [-0.3, -0.25) is 0 Å². The van der Waals surface area contributed by atoms with Crippen LogP contribution < -0.4 is 10.5 Å². The highest BCUT2D eigenvalue weighted by molar-refractivity contribution is 7.10. The van der Waals surface area contributed by atoms with E-state index in [2.05, 4.69) is 0 Å². The van der Waals surface area contributed by atoms with E-state index in [9.17, 15) is 4.39 Å². The van der Waals surface area contributed by atoms with Crippen LogP contribution in [0.1, 0.15) is 16.5 Å². The smallest absolute Gasteiger partial charge is 0.183 e. The van der Waals surface area contributed by atoms with Gasteiger partial charge in [-0.25, -0.2) is 4.39 Å². The number of hydrogen-bond donors (Lipinski definition) is 1. The fourth-order valence-electron chi connectivity index (χ4n) is 1.65. The molecule has 1 unspecified atom stereocenters. The number of halogens is 2. The lowest BCUT2D eigenvalue weighted by atomic mass is 10.2. The summed E-state index contributed by atoms with van der Waals surface area (Å²) in [5.41, 5.74) is 6.79. The molecule has 2 rings (SSSR count). The number of hydrogen-bond acceptors (Lipinski definition) is 3. The Morgan fingerprint density at radius 1 is 1.44 bits per heavy atom. The summed E-state index contributed by atoms with van der Waals surface area (Å²) in [5, 5.41) is 2.01. The molecule has 5 heteroatoms. The average Bonchev–Trinajstić information content (AvgIpc) is 2.77. The van der Waals surface area contributed by atoms with E-state index in [1.807, 2.05) is 18.4 Å². The maximum Gasteiger partial charge on any atom is 0.183 e. The molecule has 0 aliphatic heterocycles. The molecule has 0 amide bonds. The van der Waals surface area contributed by atoms with Crippen molar-refractivity contribution < 1.29 is 9.13 Å². The molecule has 96 valence electrons. The van der Waals surface area contributed by atoms with Crippen LogP contribution in [-0.4, -0.2) is 6.54 Å². The van der Waals surface area contributed by atoms with E-state index in [0.29, 0.717) is 0 Å². The van der Waals surface area contributed by atoms with Gasteiger partial charge in [-0.15, -0.1) is 11.3 Å². The van der Waals surface area contributed by atoms with Gasteiger partial charge in [0.25, 0.3) is 0 Å². The molecule has 1 atom stereocenters. The van der Waals surface area contributed by atoms with Gasteiger partial charge in [0.2, 0.25) is 0 Å². The van der Waals surface area contributed by atoms with E-state index in [1.54, 1.807) is 23.5 Å². The Morgan fingerprint density at radius 3 is 2.83 bits per heavy atom. The van der Waals surface area contributed by atoms with E-state index < -0.39 is 5.82 Å². The Balaban J connectivity index is 2.26. The minimum absolute atomic E-state index is 0.0474. The molecule has 1 aromatic carbocycles. The molecule has 0 fully saturated rings. The quantitative estimate of drug-likeness (QED) is 0.924. The van der Waals surface area contributed by atoms with Crippen molar-refractivity contribution in [3.8, 4) is 5.75 Å². The maximum atomic E-state index is 13.7. The Bertz CT molecular complexity index is 544. The van der Waals surface area contributed by atoms with Crippen molar-refractivity contribution in [3.05, 3.63) is 50.9 Å². The van der Waals surface area contributed by atoms with Gasteiger partial charge < -0.3 is 10.5 Å². The summed E-state index contributed by atoms with van der Waals surface area (Å²) >= 11 is 7.26.